The van der Waals surface area contributed by atoms with Crippen LogP contribution in [0.25, 0.3) is 0 Å². The number of halogens is 4. The lowest BCUT2D eigenvalue weighted by molar-refractivity contribution is -0.116. The molecular weight excluding hydrogens is 514 g/mol. The van der Waals surface area contributed by atoms with Crippen LogP contribution in [0, 0.1) is 11.6 Å². The molecule has 0 radical (unpaired) electrons. The van der Waals surface area contributed by atoms with E-state index in [9.17, 15) is 22.0 Å². The lowest BCUT2D eigenvalue weighted by atomic mass is 10.2. The first-order chi connectivity index (χ1) is 14.7. The summed E-state index contributed by atoms with van der Waals surface area (Å²) >= 11 is 9.43. The van der Waals surface area contributed by atoms with Crippen LogP contribution in [0.15, 0.2) is 76.1 Å². The zero-order valence-electron chi connectivity index (χ0n) is 15.9. The van der Waals surface area contributed by atoms with Gasteiger partial charge in [-0.25, -0.2) is 17.2 Å². The van der Waals surface area contributed by atoms with Gasteiger partial charge in [0.05, 0.1) is 11.4 Å². The number of sulfonamides is 1. The monoisotopic (exact) mass is 528 g/mol. The number of amides is 1. The van der Waals surface area contributed by atoms with Crippen molar-refractivity contribution in [2.75, 3.05) is 11.9 Å². The van der Waals surface area contributed by atoms with Crippen molar-refractivity contribution in [2.24, 2.45) is 0 Å². The summed E-state index contributed by atoms with van der Waals surface area (Å²) in [6.45, 7) is -0.730. The topological polar surface area (TPSA) is 66.5 Å². The molecule has 3 aromatic rings. The predicted molar refractivity (Wildman–Crippen MR) is 118 cm³/mol. The Morgan fingerprint density at radius 1 is 1.00 bits per heavy atom. The van der Waals surface area contributed by atoms with Crippen LogP contribution in [0.2, 0.25) is 5.02 Å². The van der Waals surface area contributed by atoms with E-state index in [1.165, 1.54) is 18.2 Å². The fourth-order valence-corrected chi connectivity index (χ4v) is 4.57. The van der Waals surface area contributed by atoms with Crippen LogP contribution >= 0.6 is 27.5 Å². The minimum Gasteiger partial charge on any atom is -0.325 e. The standard InChI is InChI=1S/C21H16BrClF2N2O3S/c22-15-5-8-17(9-6-15)31(29,30)27(12-14-3-1-2-4-18(14)23)13-21(28)26-16-7-10-19(24)20(25)11-16/h1-11H,12-13H2,(H,26,28). The minimum atomic E-state index is -4.08. The lowest BCUT2D eigenvalue weighted by Crippen LogP contribution is -2.37. The predicted octanol–water partition coefficient (Wildman–Crippen LogP) is 5.21. The Balaban J connectivity index is 1.89. The molecule has 1 amide bonds. The number of nitrogens with one attached hydrogen (secondary N) is 1. The Morgan fingerprint density at radius 2 is 1.68 bits per heavy atom. The van der Waals surface area contributed by atoms with E-state index in [-0.39, 0.29) is 17.1 Å². The van der Waals surface area contributed by atoms with Crippen molar-refractivity contribution >= 4 is 49.1 Å². The van der Waals surface area contributed by atoms with Gasteiger partial charge in [0, 0.05) is 27.8 Å². The zero-order valence-corrected chi connectivity index (χ0v) is 19.0. The normalized spacial score (nSPS) is 11.5. The van der Waals surface area contributed by atoms with Gasteiger partial charge in [0.15, 0.2) is 11.6 Å². The van der Waals surface area contributed by atoms with Gasteiger partial charge >= 0.3 is 0 Å². The van der Waals surface area contributed by atoms with Gasteiger partial charge in [-0.15, -0.1) is 0 Å². The highest BCUT2D eigenvalue weighted by molar-refractivity contribution is 9.10. The highest BCUT2D eigenvalue weighted by atomic mass is 79.9. The van der Waals surface area contributed by atoms with E-state index < -0.39 is 34.1 Å². The van der Waals surface area contributed by atoms with E-state index in [2.05, 4.69) is 21.2 Å². The molecule has 0 bridgehead atoms. The fraction of sp³-hybridized carbons (Fsp3) is 0.0952. The molecule has 0 aliphatic rings. The Morgan fingerprint density at radius 3 is 2.32 bits per heavy atom. The Bertz CT molecular complexity index is 1210. The van der Waals surface area contributed by atoms with E-state index >= 15 is 0 Å². The maximum atomic E-state index is 13.4. The second-order valence-corrected chi connectivity index (χ2v) is 9.76. The van der Waals surface area contributed by atoms with Gasteiger partial charge < -0.3 is 5.32 Å². The summed E-state index contributed by atoms with van der Waals surface area (Å²) in [7, 11) is -4.08. The van der Waals surface area contributed by atoms with Crippen LogP contribution in [-0.4, -0.2) is 25.2 Å². The molecule has 162 valence electrons. The molecule has 0 aliphatic heterocycles. The molecule has 0 atom stereocenters. The smallest absolute Gasteiger partial charge is 0.243 e. The number of nitrogens with zero attached hydrogens (tertiary/aromatic N) is 1. The van der Waals surface area contributed by atoms with Gasteiger partial charge in [0.25, 0.3) is 0 Å². The van der Waals surface area contributed by atoms with E-state index in [1.807, 2.05) is 0 Å². The molecule has 0 spiro atoms. The lowest BCUT2D eigenvalue weighted by Gasteiger charge is -2.22. The van der Waals surface area contributed by atoms with Crippen molar-refractivity contribution in [2.45, 2.75) is 11.4 Å². The first-order valence-electron chi connectivity index (χ1n) is 8.91. The van der Waals surface area contributed by atoms with E-state index in [1.54, 1.807) is 36.4 Å². The average molecular weight is 530 g/mol. The maximum absolute atomic E-state index is 13.4. The molecule has 10 heteroatoms. The first-order valence-corrected chi connectivity index (χ1v) is 11.5. The summed E-state index contributed by atoms with van der Waals surface area (Å²) in [5.74, 6) is -2.91. The van der Waals surface area contributed by atoms with E-state index in [0.717, 1.165) is 16.4 Å². The average Bonchev–Trinajstić information content (AvgIpc) is 2.72. The molecule has 3 rings (SSSR count). The van der Waals surface area contributed by atoms with Gasteiger partial charge in [-0.1, -0.05) is 45.7 Å². The maximum Gasteiger partial charge on any atom is 0.243 e. The summed E-state index contributed by atoms with van der Waals surface area (Å²) in [5, 5.41) is 2.73. The van der Waals surface area contributed by atoms with Crippen molar-refractivity contribution in [3.63, 3.8) is 0 Å². The Kier molecular flexibility index (Phi) is 7.42. The van der Waals surface area contributed by atoms with Crippen LogP contribution in [0.5, 0.6) is 0 Å². The molecule has 31 heavy (non-hydrogen) atoms. The third kappa shape index (κ3) is 5.88. The minimum absolute atomic E-state index is 0.00244. The van der Waals surface area contributed by atoms with Crippen molar-refractivity contribution in [1.82, 2.24) is 4.31 Å². The second kappa shape index (κ2) is 9.86. The highest BCUT2D eigenvalue weighted by Crippen LogP contribution is 2.24. The van der Waals surface area contributed by atoms with Gasteiger partial charge in [-0.05, 0) is 48.0 Å². The largest absolute Gasteiger partial charge is 0.325 e. The number of hydrogen-bond donors (Lipinski definition) is 1. The van der Waals surface area contributed by atoms with Crippen molar-refractivity contribution < 1.29 is 22.0 Å². The van der Waals surface area contributed by atoms with E-state index in [0.29, 0.717) is 15.1 Å². The van der Waals surface area contributed by atoms with Crippen LogP contribution in [0.1, 0.15) is 5.56 Å². The molecule has 0 fully saturated rings. The molecule has 0 aromatic heterocycles. The third-order valence-corrected chi connectivity index (χ3v) is 6.98. The molecule has 5 nitrogen and oxygen atoms in total. The molecule has 1 N–H and O–H groups in total. The SMILES string of the molecule is O=C(CN(Cc1ccccc1Cl)S(=O)(=O)c1ccc(Br)cc1)Nc1ccc(F)c(F)c1. The van der Waals surface area contributed by atoms with Crippen molar-refractivity contribution in [1.29, 1.82) is 0 Å². The van der Waals surface area contributed by atoms with Gasteiger partial charge in [0.2, 0.25) is 15.9 Å². The summed E-state index contributed by atoms with van der Waals surface area (Å²) in [5.41, 5.74) is 0.508. The number of benzene rings is 3. The number of anilines is 1. The van der Waals surface area contributed by atoms with Crippen LogP contribution < -0.4 is 5.32 Å². The molecule has 0 saturated carbocycles. The molecule has 0 aliphatic carbocycles. The van der Waals surface area contributed by atoms with Gasteiger partial charge in [-0.2, -0.15) is 4.31 Å². The molecule has 0 heterocycles. The van der Waals surface area contributed by atoms with Crippen LogP contribution in [-0.2, 0) is 21.4 Å². The van der Waals surface area contributed by atoms with Crippen molar-refractivity contribution in [3.05, 3.63) is 93.4 Å². The second-order valence-electron chi connectivity index (χ2n) is 6.50. The Hall–Kier alpha value is -2.33. The molecule has 0 unspecified atom stereocenters. The van der Waals surface area contributed by atoms with E-state index in [4.69, 9.17) is 11.6 Å². The van der Waals surface area contributed by atoms with Crippen molar-refractivity contribution in [3.8, 4) is 0 Å². The summed E-state index contributed by atoms with van der Waals surface area (Å²) < 4.78 is 54.6. The highest BCUT2D eigenvalue weighted by Gasteiger charge is 2.27. The van der Waals surface area contributed by atoms with Gasteiger partial charge in [0.1, 0.15) is 0 Å². The first kappa shape index (κ1) is 23.3. The number of hydrogen-bond acceptors (Lipinski definition) is 3. The van der Waals surface area contributed by atoms with Crippen LogP contribution in [0.4, 0.5) is 14.5 Å². The quantitative estimate of drug-likeness (QED) is 0.457. The summed E-state index contributed by atoms with van der Waals surface area (Å²) in [6, 6.07) is 15.5. The summed E-state index contributed by atoms with van der Waals surface area (Å²) in [4.78, 5) is 12.5. The summed E-state index contributed by atoms with van der Waals surface area (Å²) in [6.07, 6.45) is 0. The fourth-order valence-electron chi connectivity index (χ4n) is 2.73. The zero-order chi connectivity index (χ0) is 22.6. The number of carbonyl (C=O) groups is 1. The molecule has 0 saturated heterocycles. The van der Waals surface area contributed by atoms with Crippen LogP contribution in [0.3, 0.4) is 0 Å². The number of rotatable bonds is 7. The third-order valence-electron chi connectivity index (χ3n) is 4.28. The Labute approximate surface area is 191 Å². The number of carbonyl (C=O) groups excluding carboxylic acids is 1. The van der Waals surface area contributed by atoms with Gasteiger partial charge in [-0.3, -0.25) is 4.79 Å². The molecular formula is C21H16BrClF2N2O3S. The molecule has 3 aromatic carbocycles.